The van der Waals surface area contributed by atoms with Crippen LogP contribution in [0.5, 0.6) is 0 Å². The Hall–Kier alpha value is -1.05. The second-order valence-corrected chi connectivity index (χ2v) is 5.37. The van der Waals surface area contributed by atoms with Crippen LogP contribution in [0.1, 0.15) is 25.8 Å². The smallest absolute Gasteiger partial charge is 0.100 e. The van der Waals surface area contributed by atoms with E-state index in [9.17, 15) is 0 Å². The minimum absolute atomic E-state index is 0.273. The largest absolute Gasteiger partial charge is 0.381 e. The molecule has 0 radical (unpaired) electrons. The zero-order valence-electron chi connectivity index (χ0n) is 10.2. The van der Waals surface area contributed by atoms with E-state index in [1.165, 1.54) is 0 Å². The Balaban J connectivity index is 2.74. The summed E-state index contributed by atoms with van der Waals surface area (Å²) in [4.78, 5) is 0. The molecule has 3 nitrogen and oxygen atoms in total. The van der Waals surface area contributed by atoms with Gasteiger partial charge in [-0.25, -0.2) is 0 Å². The Labute approximate surface area is 111 Å². The lowest BCUT2D eigenvalue weighted by Gasteiger charge is -2.20. The molecule has 0 aliphatic heterocycles. The number of rotatable bonds is 5. The average molecular weight is 296 g/mol. The molecule has 0 bridgehead atoms. The first-order valence-corrected chi connectivity index (χ1v) is 6.52. The number of halogens is 1. The van der Waals surface area contributed by atoms with Crippen molar-refractivity contribution < 1.29 is 0 Å². The van der Waals surface area contributed by atoms with Crippen molar-refractivity contribution in [2.45, 2.75) is 26.3 Å². The van der Waals surface area contributed by atoms with Gasteiger partial charge in [-0.05, 0) is 46.5 Å². The maximum absolute atomic E-state index is 8.84. The van der Waals surface area contributed by atoms with Gasteiger partial charge < -0.3 is 11.1 Å². The fraction of sp³-hybridized carbons (Fsp3) is 0.462. The molecule has 4 heteroatoms. The molecule has 1 aromatic carbocycles. The maximum atomic E-state index is 8.84. The molecule has 3 N–H and O–H groups in total. The molecule has 1 aromatic rings. The highest BCUT2D eigenvalue weighted by molar-refractivity contribution is 9.10. The lowest BCUT2D eigenvalue weighted by atomic mass is 10.0. The van der Waals surface area contributed by atoms with E-state index in [1.54, 1.807) is 6.07 Å². The van der Waals surface area contributed by atoms with E-state index in [0.717, 1.165) is 16.6 Å². The van der Waals surface area contributed by atoms with Gasteiger partial charge in [0.05, 0.1) is 5.56 Å². The molecule has 0 amide bonds. The summed E-state index contributed by atoms with van der Waals surface area (Å²) in [5.41, 5.74) is 7.37. The standard InChI is InChI=1S/C13H18BrN3/c1-9(2)5-12(8-16)17-11-4-3-10(7-15)13(14)6-11/h3-4,6,9,12,17H,5,8,16H2,1-2H3. The summed E-state index contributed by atoms with van der Waals surface area (Å²) in [6, 6.07) is 8.02. The highest BCUT2D eigenvalue weighted by atomic mass is 79.9. The second-order valence-electron chi connectivity index (χ2n) is 4.51. The maximum Gasteiger partial charge on any atom is 0.100 e. The third-order valence-corrected chi connectivity index (χ3v) is 3.16. The predicted octanol–water partition coefficient (Wildman–Crippen LogP) is 3.11. The zero-order chi connectivity index (χ0) is 12.8. The number of anilines is 1. The van der Waals surface area contributed by atoms with Gasteiger partial charge in [-0.3, -0.25) is 0 Å². The Kier molecular flexibility index (Phi) is 5.46. The van der Waals surface area contributed by atoms with Crippen LogP contribution in [-0.4, -0.2) is 12.6 Å². The third-order valence-electron chi connectivity index (χ3n) is 2.50. The molecule has 17 heavy (non-hydrogen) atoms. The van der Waals surface area contributed by atoms with Crippen molar-refractivity contribution in [2.24, 2.45) is 11.7 Å². The normalized spacial score (nSPS) is 12.2. The topological polar surface area (TPSA) is 61.8 Å². The Morgan fingerprint density at radius 1 is 1.47 bits per heavy atom. The van der Waals surface area contributed by atoms with E-state index in [4.69, 9.17) is 11.0 Å². The molecule has 0 fully saturated rings. The first kappa shape index (κ1) is 14.0. The highest BCUT2D eigenvalue weighted by Crippen LogP contribution is 2.22. The molecule has 0 aliphatic carbocycles. The SMILES string of the molecule is CC(C)CC(CN)Nc1ccc(C#N)c(Br)c1. The first-order chi connectivity index (χ1) is 8.06. The minimum atomic E-state index is 0.273. The van der Waals surface area contributed by atoms with E-state index < -0.39 is 0 Å². The Morgan fingerprint density at radius 2 is 2.18 bits per heavy atom. The zero-order valence-corrected chi connectivity index (χ0v) is 11.8. The van der Waals surface area contributed by atoms with Crippen LogP contribution in [-0.2, 0) is 0 Å². The van der Waals surface area contributed by atoms with E-state index in [1.807, 2.05) is 12.1 Å². The molecule has 0 saturated heterocycles. The van der Waals surface area contributed by atoms with Gasteiger partial charge in [-0.1, -0.05) is 13.8 Å². The van der Waals surface area contributed by atoms with E-state index in [-0.39, 0.29) is 6.04 Å². The van der Waals surface area contributed by atoms with Crippen molar-refractivity contribution in [2.75, 3.05) is 11.9 Å². The van der Waals surface area contributed by atoms with E-state index in [2.05, 4.69) is 41.2 Å². The summed E-state index contributed by atoms with van der Waals surface area (Å²) in [5, 5.41) is 12.2. The van der Waals surface area contributed by atoms with Crippen LogP contribution >= 0.6 is 15.9 Å². The molecule has 1 unspecified atom stereocenters. The molecular weight excluding hydrogens is 278 g/mol. The van der Waals surface area contributed by atoms with Gasteiger partial charge in [-0.2, -0.15) is 5.26 Å². The quantitative estimate of drug-likeness (QED) is 0.877. The fourth-order valence-corrected chi connectivity index (χ4v) is 2.18. The van der Waals surface area contributed by atoms with Crippen LogP contribution < -0.4 is 11.1 Å². The van der Waals surface area contributed by atoms with Gasteiger partial charge in [0, 0.05) is 22.7 Å². The van der Waals surface area contributed by atoms with Crippen LogP contribution in [0.4, 0.5) is 5.69 Å². The van der Waals surface area contributed by atoms with Gasteiger partial charge in [0.1, 0.15) is 6.07 Å². The van der Waals surface area contributed by atoms with Crippen LogP contribution in [0.15, 0.2) is 22.7 Å². The number of hydrogen-bond donors (Lipinski definition) is 2. The number of nitrogens with two attached hydrogens (primary N) is 1. The lowest BCUT2D eigenvalue weighted by Crippen LogP contribution is -2.30. The second kappa shape index (κ2) is 6.63. The minimum Gasteiger partial charge on any atom is -0.381 e. The summed E-state index contributed by atoms with van der Waals surface area (Å²) in [7, 11) is 0. The van der Waals surface area contributed by atoms with Crippen LogP contribution in [0.3, 0.4) is 0 Å². The molecule has 1 rings (SSSR count). The van der Waals surface area contributed by atoms with Crippen LogP contribution in [0.2, 0.25) is 0 Å². The Bertz CT molecular complexity index is 410. The summed E-state index contributed by atoms with van der Waals surface area (Å²) >= 11 is 3.38. The molecule has 0 aliphatic rings. The third kappa shape index (κ3) is 4.37. The number of nitriles is 1. The molecule has 0 heterocycles. The van der Waals surface area contributed by atoms with Crippen LogP contribution in [0, 0.1) is 17.2 Å². The monoisotopic (exact) mass is 295 g/mol. The van der Waals surface area contributed by atoms with Crippen molar-refractivity contribution >= 4 is 21.6 Å². The molecule has 0 saturated carbocycles. The lowest BCUT2D eigenvalue weighted by molar-refractivity contribution is 0.522. The molecule has 0 aromatic heterocycles. The predicted molar refractivity (Wildman–Crippen MR) is 74.8 cm³/mol. The summed E-state index contributed by atoms with van der Waals surface area (Å²) < 4.78 is 0.810. The number of nitrogens with zero attached hydrogens (tertiary/aromatic N) is 1. The highest BCUT2D eigenvalue weighted by Gasteiger charge is 2.09. The number of nitrogens with one attached hydrogen (secondary N) is 1. The van der Waals surface area contributed by atoms with Crippen molar-refractivity contribution in [3.63, 3.8) is 0 Å². The Morgan fingerprint density at radius 3 is 2.65 bits per heavy atom. The summed E-state index contributed by atoms with van der Waals surface area (Å²) in [6.45, 7) is 4.97. The fourth-order valence-electron chi connectivity index (χ4n) is 1.71. The number of hydrogen-bond acceptors (Lipinski definition) is 3. The van der Waals surface area contributed by atoms with Crippen molar-refractivity contribution in [1.82, 2.24) is 0 Å². The summed E-state index contributed by atoms with van der Waals surface area (Å²) in [6.07, 6.45) is 1.04. The van der Waals surface area contributed by atoms with E-state index in [0.29, 0.717) is 18.0 Å². The molecule has 1 atom stereocenters. The van der Waals surface area contributed by atoms with Crippen molar-refractivity contribution in [1.29, 1.82) is 5.26 Å². The first-order valence-electron chi connectivity index (χ1n) is 5.73. The average Bonchev–Trinajstić information content (AvgIpc) is 2.27. The number of benzene rings is 1. The molecular formula is C13H18BrN3. The van der Waals surface area contributed by atoms with Crippen LogP contribution in [0.25, 0.3) is 0 Å². The summed E-state index contributed by atoms with van der Waals surface area (Å²) in [5.74, 6) is 0.609. The molecule has 92 valence electrons. The van der Waals surface area contributed by atoms with E-state index >= 15 is 0 Å². The van der Waals surface area contributed by atoms with Gasteiger partial charge in [0.25, 0.3) is 0 Å². The van der Waals surface area contributed by atoms with Gasteiger partial charge in [0.15, 0.2) is 0 Å². The van der Waals surface area contributed by atoms with Crippen molar-refractivity contribution in [3.05, 3.63) is 28.2 Å². The molecule has 0 spiro atoms. The van der Waals surface area contributed by atoms with Gasteiger partial charge >= 0.3 is 0 Å². The van der Waals surface area contributed by atoms with Gasteiger partial charge in [0.2, 0.25) is 0 Å². The van der Waals surface area contributed by atoms with Crippen molar-refractivity contribution in [3.8, 4) is 6.07 Å². The van der Waals surface area contributed by atoms with Gasteiger partial charge in [-0.15, -0.1) is 0 Å².